The number of carboxylic acid groups (broad SMARTS) is 1. The van der Waals surface area contributed by atoms with E-state index < -0.39 is 23.6 Å². The third-order valence-corrected chi connectivity index (χ3v) is 9.65. The molecule has 0 spiro atoms. The molecule has 13 heteroatoms. The maximum atomic E-state index is 13.1. The van der Waals surface area contributed by atoms with Crippen molar-refractivity contribution in [2.75, 3.05) is 0 Å². The number of hydrogen-bond acceptors (Lipinski definition) is 7. The Hall–Kier alpha value is -2.28. The lowest BCUT2D eigenvalue weighted by molar-refractivity contribution is -0.0399. The van der Waals surface area contributed by atoms with Crippen LogP contribution in [-0.4, -0.2) is 52.7 Å². The molecular formula is C29H40ClF2N3O5S2. The molecule has 3 fully saturated rings. The first kappa shape index (κ1) is 34.2. The van der Waals surface area contributed by atoms with Crippen LogP contribution in [0.4, 0.5) is 13.6 Å². The van der Waals surface area contributed by atoms with E-state index in [1.165, 1.54) is 28.2 Å². The topological polar surface area (TPSA) is 131 Å². The molecule has 0 radical (unpaired) electrons. The zero-order valence-corrected chi connectivity index (χ0v) is 26.9. The van der Waals surface area contributed by atoms with E-state index in [0.29, 0.717) is 28.5 Å². The average molecular weight is 648 g/mol. The molecule has 42 heavy (non-hydrogen) atoms. The summed E-state index contributed by atoms with van der Waals surface area (Å²) in [4.78, 5) is 38.0. The van der Waals surface area contributed by atoms with Crippen LogP contribution >= 0.6 is 35.1 Å². The van der Waals surface area contributed by atoms with Crippen molar-refractivity contribution in [1.82, 2.24) is 10.6 Å². The second-order valence-electron chi connectivity index (χ2n) is 12.3. The summed E-state index contributed by atoms with van der Waals surface area (Å²) in [5, 5.41) is 14.7. The summed E-state index contributed by atoms with van der Waals surface area (Å²) in [6.45, 7) is 9.37. The van der Waals surface area contributed by atoms with Crippen LogP contribution in [0, 0.1) is 13.8 Å². The van der Waals surface area contributed by atoms with E-state index >= 15 is 0 Å². The molecule has 0 aliphatic heterocycles. The summed E-state index contributed by atoms with van der Waals surface area (Å²) in [6.07, 6.45) is 1.82. The number of thiophene rings is 2. The van der Waals surface area contributed by atoms with Gasteiger partial charge in [0.2, 0.25) is 5.92 Å². The molecule has 0 aromatic carbocycles. The summed E-state index contributed by atoms with van der Waals surface area (Å²) in [6, 6.07) is 3.76. The zero-order valence-electron chi connectivity index (χ0n) is 24.4. The van der Waals surface area contributed by atoms with Crippen molar-refractivity contribution >= 4 is 53.1 Å². The molecule has 3 saturated carbocycles. The molecule has 0 bridgehead atoms. The molecule has 2 amide bonds. The molecule has 0 saturated heterocycles. The van der Waals surface area contributed by atoms with Gasteiger partial charge in [-0.2, -0.15) is 0 Å². The lowest BCUT2D eigenvalue weighted by Gasteiger charge is -2.28. The number of aryl methyl sites for hydroxylation is 2. The van der Waals surface area contributed by atoms with Crippen LogP contribution in [0.3, 0.4) is 0 Å². The predicted octanol–water partition coefficient (Wildman–Crippen LogP) is 6.74. The quantitative estimate of drug-likeness (QED) is 0.275. The Morgan fingerprint density at radius 1 is 0.976 bits per heavy atom. The van der Waals surface area contributed by atoms with Gasteiger partial charge in [0.15, 0.2) is 0 Å². The monoisotopic (exact) mass is 647 g/mol. The molecule has 2 aromatic heterocycles. The number of rotatable bonds is 6. The summed E-state index contributed by atoms with van der Waals surface area (Å²) < 4.78 is 31.4. The van der Waals surface area contributed by atoms with E-state index in [1.54, 1.807) is 6.07 Å². The number of carbonyl (C=O) groups is 3. The lowest BCUT2D eigenvalue weighted by Crippen LogP contribution is -2.40. The summed E-state index contributed by atoms with van der Waals surface area (Å²) >= 11 is 2.74. The number of alkyl halides is 2. The molecule has 3 aliphatic rings. The van der Waals surface area contributed by atoms with Crippen LogP contribution in [0.5, 0.6) is 0 Å². The van der Waals surface area contributed by atoms with Gasteiger partial charge < -0.3 is 26.2 Å². The Labute approximate surface area is 259 Å². The van der Waals surface area contributed by atoms with Gasteiger partial charge in [0.1, 0.15) is 10.5 Å². The normalized spacial score (nSPS) is 24.4. The second kappa shape index (κ2) is 13.2. The van der Waals surface area contributed by atoms with Gasteiger partial charge in [-0.05, 0) is 83.6 Å². The molecule has 5 N–H and O–H groups in total. The third kappa shape index (κ3) is 9.11. The number of alkyl carbamates (subject to hydrolysis) is 1. The minimum absolute atomic E-state index is 0. The lowest BCUT2D eigenvalue weighted by atomic mass is 9.92. The summed E-state index contributed by atoms with van der Waals surface area (Å²) in [7, 11) is 0. The number of aromatic carboxylic acids is 1. The number of ether oxygens (including phenoxy) is 1. The van der Waals surface area contributed by atoms with Gasteiger partial charge in [-0.15, -0.1) is 35.1 Å². The molecule has 5 rings (SSSR count). The molecule has 3 aliphatic carbocycles. The van der Waals surface area contributed by atoms with Crippen LogP contribution in [0.15, 0.2) is 12.1 Å². The van der Waals surface area contributed by atoms with Crippen molar-refractivity contribution in [3.63, 3.8) is 0 Å². The first-order chi connectivity index (χ1) is 19.0. The number of nitrogens with two attached hydrogens (primary N) is 1. The molecule has 234 valence electrons. The predicted molar refractivity (Wildman–Crippen MR) is 163 cm³/mol. The van der Waals surface area contributed by atoms with E-state index in [0.717, 1.165) is 28.2 Å². The largest absolute Gasteiger partial charge is 0.477 e. The third-order valence-electron chi connectivity index (χ3n) is 7.53. The SMILES string of the molecule is Cc1sc(C(=O)NC2CCC(F)(F)CC2)cc1[C@@H]1C[C@H]1N.Cc1sc(C(=O)O)cc1[C@@H]1C[C@H]1NC(=O)OC(C)(C)C.Cl. The van der Waals surface area contributed by atoms with E-state index in [9.17, 15) is 23.2 Å². The maximum absolute atomic E-state index is 13.1. The Morgan fingerprint density at radius 2 is 1.50 bits per heavy atom. The fraction of sp³-hybridized carbons (Fsp3) is 0.621. The van der Waals surface area contributed by atoms with Crippen molar-refractivity contribution in [1.29, 1.82) is 0 Å². The Kier molecular flexibility index (Phi) is 10.7. The molecule has 2 aromatic rings. The summed E-state index contributed by atoms with van der Waals surface area (Å²) in [5.41, 5.74) is 7.55. The highest BCUT2D eigenvalue weighted by Gasteiger charge is 2.42. The average Bonchev–Trinajstić information content (AvgIpc) is 3.68. The molecular weight excluding hydrogens is 608 g/mol. The first-order valence-corrected chi connectivity index (χ1v) is 15.5. The zero-order chi connectivity index (χ0) is 30.3. The highest BCUT2D eigenvalue weighted by atomic mass is 35.5. The standard InChI is InChI=1S/C15H20F2N2OS.C14H19NO4S.ClH/c1-8-10(11-6-12(11)18)7-13(21-8)14(20)19-9-2-4-15(16,17)5-3-9;1-7-8(6-11(20-7)12(16)17)9-5-10(9)15-13(18)19-14(2,3)4;/h7,9,11-12H,2-6,18H2,1H3,(H,19,20);6,9-10H,5H2,1-4H3,(H,15,18)(H,16,17);1H/t11-,12+;9-,10+;/m00./s1. The number of carbonyl (C=O) groups excluding carboxylic acids is 2. The Balaban J connectivity index is 0.000000225. The fourth-order valence-corrected chi connectivity index (χ4v) is 7.04. The van der Waals surface area contributed by atoms with E-state index in [2.05, 4.69) is 10.6 Å². The summed E-state index contributed by atoms with van der Waals surface area (Å²) in [5.74, 6) is -3.01. The van der Waals surface area contributed by atoms with Gasteiger partial charge in [-0.1, -0.05) is 0 Å². The van der Waals surface area contributed by atoms with Crippen molar-refractivity contribution in [2.24, 2.45) is 5.73 Å². The Bertz CT molecular complexity index is 1300. The minimum atomic E-state index is -2.56. The van der Waals surface area contributed by atoms with Gasteiger partial charge in [-0.25, -0.2) is 18.4 Å². The van der Waals surface area contributed by atoms with Crippen LogP contribution in [-0.2, 0) is 4.74 Å². The number of carboxylic acids is 1. The van der Waals surface area contributed by atoms with Crippen LogP contribution in [0.1, 0.15) is 111 Å². The smallest absolute Gasteiger partial charge is 0.407 e. The molecule has 2 heterocycles. The number of amides is 2. The maximum Gasteiger partial charge on any atom is 0.407 e. The van der Waals surface area contributed by atoms with Crippen molar-refractivity contribution < 1.29 is 33.0 Å². The van der Waals surface area contributed by atoms with Crippen molar-refractivity contribution in [2.45, 2.75) is 115 Å². The van der Waals surface area contributed by atoms with E-state index in [1.807, 2.05) is 40.7 Å². The molecule has 4 atom stereocenters. The Morgan fingerprint density at radius 3 is 2.00 bits per heavy atom. The van der Waals surface area contributed by atoms with Crippen molar-refractivity contribution in [3.8, 4) is 0 Å². The number of nitrogens with one attached hydrogen (secondary N) is 2. The van der Waals surface area contributed by atoms with Crippen molar-refractivity contribution in [3.05, 3.63) is 42.8 Å². The highest BCUT2D eigenvalue weighted by Crippen LogP contribution is 2.45. The van der Waals surface area contributed by atoms with Gasteiger partial charge in [0, 0.05) is 52.6 Å². The first-order valence-electron chi connectivity index (χ1n) is 13.9. The van der Waals surface area contributed by atoms with Crippen LogP contribution in [0.25, 0.3) is 0 Å². The number of hydrogen-bond donors (Lipinski definition) is 4. The molecule has 8 nitrogen and oxygen atoms in total. The van der Waals surface area contributed by atoms with E-state index in [4.69, 9.17) is 15.6 Å². The fourth-order valence-electron chi connectivity index (χ4n) is 5.12. The van der Waals surface area contributed by atoms with Crippen LogP contribution < -0.4 is 16.4 Å². The minimum Gasteiger partial charge on any atom is -0.477 e. The van der Waals surface area contributed by atoms with Gasteiger partial charge in [-0.3, -0.25) is 4.79 Å². The van der Waals surface area contributed by atoms with Gasteiger partial charge in [0.05, 0.1) is 4.88 Å². The highest BCUT2D eigenvalue weighted by molar-refractivity contribution is 7.14. The van der Waals surface area contributed by atoms with Crippen LogP contribution in [0.2, 0.25) is 0 Å². The van der Waals surface area contributed by atoms with Gasteiger partial charge in [0.25, 0.3) is 5.91 Å². The van der Waals surface area contributed by atoms with Gasteiger partial charge >= 0.3 is 12.1 Å². The number of halogens is 3. The second-order valence-corrected chi connectivity index (χ2v) is 14.8. The van der Waals surface area contributed by atoms with E-state index in [-0.39, 0.29) is 55.2 Å². The molecule has 0 unspecified atom stereocenters.